The van der Waals surface area contributed by atoms with Crippen LogP contribution in [0.2, 0.25) is 18.1 Å². The second-order valence-corrected chi connectivity index (χ2v) is 19.1. The first-order valence-corrected chi connectivity index (χ1v) is 19.4. The van der Waals surface area contributed by atoms with Gasteiger partial charge < -0.3 is 14.1 Å². The number of hydrogen-bond acceptors (Lipinski definition) is 3. The first-order chi connectivity index (χ1) is 21.4. The molecule has 4 aromatic rings. The summed E-state index contributed by atoms with van der Waals surface area (Å²) in [5.41, 5.74) is 3.90. The van der Waals surface area contributed by atoms with E-state index in [0.29, 0.717) is 19.4 Å². The lowest BCUT2D eigenvalue weighted by Crippen LogP contribution is -2.42. The maximum absolute atomic E-state index is 13.9. The summed E-state index contributed by atoms with van der Waals surface area (Å²) < 4.78 is 28.3. The molecular weight excluding hydrogens is 645 g/mol. The minimum atomic E-state index is -2.16. The number of hydrogen-bond donors (Lipinski definition) is 0. The summed E-state index contributed by atoms with van der Waals surface area (Å²) in [5, 5.41) is 0.0175. The van der Waals surface area contributed by atoms with Gasteiger partial charge >= 0.3 is 0 Å². The average Bonchev–Trinajstić information content (AvgIpc) is 3.34. The number of nitrogens with zero attached hydrogens (tertiary/aromatic N) is 1. The van der Waals surface area contributed by atoms with E-state index in [4.69, 9.17) is 9.16 Å². The zero-order chi connectivity index (χ0) is 32.2. The summed E-state index contributed by atoms with van der Waals surface area (Å²) in [6.45, 7) is 11.6. The van der Waals surface area contributed by atoms with Crippen LogP contribution in [-0.2, 0) is 15.8 Å². The molecule has 5 rings (SSSR count). The van der Waals surface area contributed by atoms with E-state index in [-0.39, 0.29) is 34.8 Å². The fraction of sp³-hybridized carbons (Fsp3) is 0.342. The minimum absolute atomic E-state index is 0.0175. The largest absolute Gasteiger partial charge is 0.489 e. The van der Waals surface area contributed by atoms with Gasteiger partial charge in [0.05, 0.1) is 12.1 Å². The molecule has 45 heavy (non-hydrogen) atoms. The van der Waals surface area contributed by atoms with Crippen molar-refractivity contribution in [1.82, 2.24) is 0 Å². The van der Waals surface area contributed by atoms with Gasteiger partial charge in [0, 0.05) is 22.1 Å². The van der Waals surface area contributed by atoms with E-state index in [1.54, 1.807) is 0 Å². The van der Waals surface area contributed by atoms with Crippen molar-refractivity contribution < 1.29 is 18.3 Å². The van der Waals surface area contributed by atoms with Crippen LogP contribution < -0.4 is 9.64 Å². The van der Waals surface area contributed by atoms with Crippen LogP contribution in [-0.4, -0.2) is 14.2 Å². The molecule has 236 valence electrons. The summed E-state index contributed by atoms with van der Waals surface area (Å²) >= 11 is 3.64. The fourth-order valence-electron chi connectivity index (χ4n) is 5.83. The van der Waals surface area contributed by atoms with Gasteiger partial charge in [-0.1, -0.05) is 103 Å². The van der Waals surface area contributed by atoms with Gasteiger partial charge in [-0.25, -0.2) is 4.39 Å². The van der Waals surface area contributed by atoms with Gasteiger partial charge in [-0.3, -0.25) is 4.79 Å². The molecule has 0 aromatic heterocycles. The molecule has 1 fully saturated rings. The van der Waals surface area contributed by atoms with Crippen LogP contribution in [0.15, 0.2) is 108 Å². The van der Waals surface area contributed by atoms with Gasteiger partial charge in [0.25, 0.3) is 0 Å². The molecule has 1 aliphatic heterocycles. The predicted octanol–water partition coefficient (Wildman–Crippen LogP) is 10.8. The summed E-state index contributed by atoms with van der Waals surface area (Å²) in [4.78, 5) is 15.8. The van der Waals surface area contributed by atoms with E-state index < -0.39 is 8.32 Å². The number of rotatable bonds is 11. The van der Waals surface area contributed by atoms with Crippen molar-refractivity contribution >= 4 is 35.8 Å². The molecule has 0 saturated carbocycles. The number of amides is 1. The van der Waals surface area contributed by atoms with Gasteiger partial charge in [-0.05, 0) is 84.4 Å². The quantitative estimate of drug-likeness (QED) is 0.147. The molecule has 4 aromatic carbocycles. The van der Waals surface area contributed by atoms with E-state index in [9.17, 15) is 9.18 Å². The Morgan fingerprint density at radius 1 is 0.933 bits per heavy atom. The summed E-state index contributed by atoms with van der Waals surface area (Å²) in [5.74, 6) is 0.607. The highest BCUT2D eigenvalue weighted by molar-refractivity contribution is 9.10. The second-order valence-electron chi connectivity index (χ2n) is 13.5. The molecule has 1 saturated heterocycles. The number of halogens is 2. The van der Waals surface area contributed by atoms with Crippen LogP contribution >= 0.6 is 15.9 Å². The zero-order valence-electron chi connectivity index (χ0n) is 26.8. The number of para-hydroxylation sites is 1. The Balaban J connectivity index is 1.49. The van der Waals surface area contributed by atoms with E-state index in [0.717, 1.165) is 39.0 Å². The standard InChI is InChI=1S/C38H43BrFNO3Si/c1-38(2,3)45(4,5)44-34(28-16-20-31(40)21-17-28)23-18-29-24-36(42)41(32-14-10-7-11-15-32)37(29)33-22-19-30(39)25-35(33)43-26-27-12-8-6-9-13-27/h6-17,19-22,25,29,34,37H,18,23-24,26H2,1-5H3/t29-,34-,37-/m0/s1. The molecule has 0 spiro atoms. The summed E-state index contributed by atoms with van der Waals surface area (Å²) in [7, 11) is -2.16. The molecule has 1 aliphatic rings. The van der Waals surface area contributed by atoms with Crippen molar-refractivity contribution in [3.63, 3.8) is 0 Å². The highest BCUT2D eigenvalue weighted by Crippen LogP contribution is 2.48. The smallest absolute Gasteiger partial charge is 0.227 e. The molecule has 4 nitrogen and oxygen atoms in total. The van der Waals surface area contributed by atoms with Gasteiger partial charge in [0.1, 0.15) is 18.2 Å². The van der Waals surface area contributed by atoms with Gasteiger partial charge in [-0.15, -0.1) is 0 Å². The third-order valence-electron chi connectivity index (χ3n) is 9.28. The molecule has 0 bridgehead atoms. The maximum atomic E-state index is 13.9. The predicted molar refractivity (Wildman–Crippen MR) is 186 cm³/mol. The Labute approximate surface area is 276 Å². The normalized spacial score (nSPS) is 17.8. The molecule has 0 unspecified atom stereocenters. The highest BCUT2D eigenvalue weighted by Gasteiger charge is 2.44. The monoisotopic (exact) mass is 687 g/mol. The maximum Gasteiger partial charge on any atom is 0.227 e. The number of anilines is 1. The fourth-order valence-corrected chi connectivity index (χ4v) is 7.49. The first-order valence-electron chi connectivity index (χ1n) is 15.7. The highest BCUT2D eigenvalue weighted by atomic mass is 79.9. The molecule has 0 radical (unpaired) electrons. The Morgan fingerprint density at radius 3 is 2.22 bits per heavy atom. The van der Waals surface area contributed by atoms with Crippen molar-refractivity contribution in [2.75, 3.05) is 4.90 Å². The number of ether oxygens (including phenoxy) is 1. The Kier molecular flexibility index (Phi) is 10.3. The van der Waals surface area contributed by atoms with Gasteiger partial charge in [0.15, 0.2) is 8.32 Å². The van der Waals surface area contributed by atoms with Crippen LogP contribution in [0.5, 0.6) is 5.75 Å². The van der Waals surface area contributed by atoms with Crippen LogP contribution in [0.25, 0.3) is 0 Å². The zero-order valence-corrected chi connectivity index (χ0v) is 29.4. The summed E-state index contributed by atoms with van der Waals surface area (Å²) in [6, 6.07) is 32.6. The van der Waals surface area contributed by atoms with Crippen molar-refractivity contribution in [2.24, 2.45) is 5.92 Å². The van der Waals surface area contributed by atoms with Crippen molar-refractivity contribution in [1.29, 1.82) is 0 Å². The Hall–Kier alpha value is -3.26. The van der Waals surface area contributed by atoms with Crippen molar-refractivity contribution in [3.8, 4) is 5.75 Å². The van der Waals surface area contributed by atoms with Crippen LogP contribution in [0, 0.1) is 11.7 Å². The molecule has 0 N–H and O–H groups in total. The van der Waals surface area contributed by atoms with Crippen molar-refractivity contribution in [2.45, 2.75) is 76.9 Å². The third kappa shape index (κ3) is 7.94. The van der Waals surface area contributed by atoms with Crippen molar-refractivity contribution in [3.05, 3.63) is 130 Å². The number of benzene rings is 4. The lowest BCUT2D eigenvalue weighted by molar-refractivity contribution is -0.117. The Bertz CT molecular complexity index is 1570. The molecule has 1 amide bonds. The second kappa shape index (κ2) is 14.0. The van der Waals surface area contributed by atoms with Crippen LogP contribution in [0.1, 0.15) is 68.9 Å². The lowest BCUT2D eigenvalue weighted by atomic mass is 9.87. The molecule has 1 heterocycles. The Morgan fingerprint density at radius 2 is 1.58 bits per heavy atom. The average molecular weight is 689 g/mol. The topological polar surface area (TPSA) is 38.8 Å². The molecule has 3 atom stereocenters. The van der Waals surface area contributed by atoms with E-state index >= 15 is 0 Å². The van der Waals surface area contributed by atoms with E-state index in [1.165, 1.54) is 12.1 Å². The number of carbonyl (C=O) groups is 1. The van der Waals surface area contributed by atoms with Crippen LogP contribution in [0.4, 0.5) is 10.1 Å². The minimum Gasteiger partial charge on any atom is -0.489 e. The van der Waals surface area contributed by atoms with Gasteiger partial charge in [-0.2, -0.15) is 0 Å². The van der Waals surface area contributed by atoms with Gasteiger partial charge in [0.2, 0.25) is 5.91 Å². The van der Waals surface area contributed by atoms with E-state index in [2.05, 4.69) is 55.9 Å². The summed E-state index contributed by atoms with van der Waals surface area (Å²) in [6.07, 6.45) is 1.69. The van der Waals surface area contributed by atoms with E-state index in [1.807, 2.05) is 89.8 Å². The molecule has 0 aliphatic carbocycles. The SMILES string of the molecule is CC(C)(C)[Si](C)(C)O[C@@H](CC[C@H]1CC(=O)N(c2ccccc2)[C@@H]1c1ccc(Br)cc1OCc1ccccc1)c1ccc(F)cc1. The van der Waals surface area contributed by atoms with Crippen LogP contribution in [0.3, 0.4) is 0 Å². The lowest BCUT2D eigenvalue weighted by Gasteiger charge is -2.40. The molecular formula is C38H43BrFNO3Si. The third-order valence-corrected chi connectivity index (χ3v) is 14.3. The molecule has 7 heteroatoms. The number of carbonyl (C=O) groups excluding carboxylic acids is 1. The first kappa shape index (κ1) is 33.1.